The first kappa shape index (κ1) is 17.7. The van der Waals surface area contributed by atoms with Crippen molar-refractivity contribution in [2.75, 3.05) is 7.11 Å². The van der Waals surface area contributed by atoms with Gasteiger partial charge in [-0.2, -0.15) is 0 Å². The molecule has 0 radical (unpaired) electrons. The number of rotatable bonds is 2. The summed E-state index contributed by atoms with van der Waals surface area (Å²) < 4.78 is 23.5. The summed E-state index contributed by atoms with van der Waals surface area (Å²) in [5.74, 6) is -1.08. The average Bonchev–Trinajstić information content (AvgIpc) is 3.27. The number of furan rings is 1. The van der Waals surface area contributed by atoms with E-state index in [0.717, 1.165) is 18.4 Å². The van der Waals surface area contributed by atoms with Gasteiger partial charge in [-0.15, -0.1) is 0 Å². The van der Waals surface area contributed by atoms with Crippen molar-refractivity contribution in [1.29, 1.82) is 0 Å². The van der Waals surface area contributed by atoms with Gasteiger partial charge in [0.15, 0.2) is 5.79 Å². The predicted octanol–water partition coefficient (Wildman–Crippen LogP) is 3.20. The van der Waals surface area contributed by atoms with Gasteiger partial charge in [-0.3, -0.25) is 4.79 Å². The molecule has 2 saturated heterocycles. The van der Waals surface area contributed by atoms with E-state index in [0.29, 0.717) is 12.8 Å². The number of fused-ring (bicyclic) bond motifs is 2. The summed E-state index contributed by atoms with van der Waals surface area (Å²) in [7, 11) is 1.66. The van der Waals surface area contributed by atoms with Crippen LogP contribution in [0, 0.1) is 22.7 Å². The molecular weight excluding hydrogens is 348 g/mol. The summed E-state index contributed by atoms with van der Waals surface area (Å²) in [6.45, 7) is 6.00. The van der Waals surface area contributed by atoms with Crippen LogP contribution in [0.5, 0.6) is 0 Å². The molecule has 1 spiro atoms. The van der Waals surface area contributed by atoms with Crippen LogP contribution < -0.4 is 0 Å². The number of hydrogen-bond acceptors (Lipinski definition) is 6. The van der Waals surface area contributed by atoms with Crippen LogP contribution in [0.1, 0.15) is 58.1 Å². The summed E-state index contributed by atoms with van der Waals surface area (Å²) in [6, 6.07) is 1.86. The average molecular weight is 376 g/mol. The molecule has 27 heavy (non-hydrogen) atoms. The van der Waals surface area contributed by atoms with Crippen molar-refractivity contribution in [1.82, 2.24) is 0 Å². The zero-order valence-corrected chi connectivity index (χ0v) is 16.4. The summed E-state index contributed by atoms with van der Waals surface area (Å²) in [4.78, 5) is 13.4. The zero-order valence-electron chi connectivity index (χ0n) is 16.4. The molecule has 2 aliphatic heterocycles. The second-order valence-electron chi connectivity index (χ2n) is 9.34. The van der Waals surface area contributed by atoms with Gasteiger partial charge in [0.25, 0.3) is 0 Å². The fourth-order valence-corrected chi connectivity index (χ4v) is 7.06. The fraction of sp³-hybridized carbons (Fsp3) is 0.762. The first-order valence-corrected chi connectivity index (χ1v) is 9.91. The van der Waals surface area contributed by atoms with E-state index in [1.165, 1.54) is 0 Å². The molecular formula is C21H28O6. The topological polar surface area (TPSA) is 78.1 Å². The van der Waals surface area contributed by atoms with Crippen molar-refractivity contribution in [2.24, 2.45) is 22.7 Å². The SMILES string of the molecule is CO[C@@]12C[C@@H](C)[C@]3(C[C@H](c4ccoc4)OC3=O)[C@H]3CC[C@@H](O1)[C@@](C)(O)[C@]32C. The van der Waals surface area contributed by atoms with Crippen LogP contribution >= 0.6 is 0 Å². The Morgan fingerprint density at radius 1 is 1.26 bits per heavy atom. The number of carbonyl (C=O) groups is 1. The normalized spacial score (nSPS) is 53.7. The van der Waals surface area contributed by atoms with E-state index >= 15 is 0 Å². The Morgan fingerprint density at radius 2 is 2.04 bits per heavy atom. The number of cyclic esters (lactones) is 1. The van der Waals surface area contributed by atoms with Gasteiger partial charge in [-0.25, -0.2) is 0 Å². The molecule has 0 amide bonds. The Morgan fingerprint density at radius 3 is 2.70 bits per heavy atom. The van der Waals surface area contributed by atoms with Crippen molar-refractivity contribution < 1.29 is 28.5 Å². The highest BCUT2D eigenvalue weighted by Gasteiger charge is 2.81. The summed E-state index contributed by atoms with van der Waals surface area (Å²) in [5.41, 5.74) is -1.51. The van der Waals surface area contributed by atoms with Crippen LogP contribution in [0.2, 0.25) is 0 Å². The maximum absolute atomic E-state index is 13.4. The lowest BCUT2D eigenvalue weighted by Gasteiger charge is -2.62. The minimum Gasteiger partial charge on any atom is -0.472 e. The molecule has 2 saturated carbocycles. The van der Waals surface area contributed by atoms with Gasteiger partial charge in [-0.1, -0.05) is 13.8 Å². The lowest BCUT2D eigenvalue weighted by molar-refractivity contribution is -0.308. The largest absolute Gasteiger partial charge is 0.472 e. The molecule has 5 rings (SSSR count). The fourth-order valence-electron chi connectivity index (χ4n) is 7.06. The first-order chi connectivity index (χ1) is 12.7. The van der Waals surface area contributed by atoms with Gasteiger partial charge in [0.1, 0.15) is 6.10 Å². The highest BCUT2D eigenvalue weighted by Crippen LogP contribution is 2.74. The van der Waals surface area contributed by atoms with Crippen molar-refractivity contribution in [3.63, 3.8) is 0 Å². The van der Waals surface area contributed by atoms with E-state index in [9.17, 15) is 9.90 Å². The van der Waals surface area contributed by atoms with E-state index in [2.05, 4.69) is 6.92 Å². The molecule has 8 atom stereocenters. The molecule has 6 nitrogen and oxygen atoms in total. The van der Waals surface area contributed by atoms with Crippen molar-refractivity contribution in [3.8, 4) is 0 Å². The van der Waals surface area contributed by atoms with E-state index in [4.69, 9.17) is 18.6 Å². The lowest BCUT2D eigenvalue weighted by Crippen LogP contribution is -2.69. The van der Waals surface area contributed by atoms with Gasteiger partial charge >= 0.3 is 5.97 Å². The lowest BCUT2D eigenvalue weighted by atomic mass is 9.42. The van der Waals surface area contributed by atoms with Gasteiger partial charge in [0, 0.05) is 25.5 Å². The quantitative estimate of drug-likeness (QED) is 0.799. The molecule has 1 N–H and O–H groups in total. The van der Waals surface area contributed by atoms with Gasteiger partial charge < -0.3 is 23.7 Å². The third-order valence-corrected chi connectivity index (χ3v) is 8.69. The molecule has 3 heterocycles. The molecule has 0 unspecified atom stereocenters. The van der Waals surface area contributed by atoms with Crippen LogP contribution in [-0.2, 0) is 19.0 Å². The molecule has 2 bridgehead atoms. The maximum Gasteiger partial charge on any atom is 0.313 e. The third kappa shape index (κ3) is 1.76. The number of aliphatic hydroxyl groups is 1. The molecule has 1 aromatic heterocycles. The van der Waals surface area contributed by atoms with Crippen LogP contribution in [-0.4, -0.2) is 35.7 Å². The molecule has 4 fully saturated rings. The Hall–Kier alpha value is -1.37. The first-order valence-electron chi connectivity index (χ1n) is 9.91. The van der Waals surface area contributed by atoms with E-state index in [-0.39, 0.29) is 30.0 Å². The van der Waals surface area contributed by atoms with E-state index in [1.54, 1.807) is 19.6 Å². The van der Waals surface area contributed by atoms with E-state index in [1.807, 2.05) is 19.9 Å². The summed E-state index contributed by atoms with van der Waals surface area (Å²) >= 11 is 0. The number of ether oxygens (including phenoxy) is 3. The third-order valence-electron chi connectivity index (χ3n) is 8.69. The second kappa shape index (κ2) is 5.16. The minimum atomic E-state index is -1.06. The standard InChI is InChI=1S/C21H28O6/c1-12-9-21(24-4)18(2)15(5-6-16(27-21)19(18,3)23)20(12)10-14(26-17(20)22)13-7-8-25-11-13/h7-8,11-12,14-16,23H,5-6,9-10H2,1-4H3/t12-,14-,15+,16-,18+,19-,20-,21+/m1/s1. The Bertz CT molecular complexity index is 772. The molecule has 148 valence electrons. The molecule has 0 aromatic carbocycles. The number of carbonyl (C=O) groups excluding carboxylic acids is 1. The van der Waals surface area contributed by atoms with Crippen LogP contribution in [0.25, 0.3) is 0 Å². The predicted molar refractivity (Wildman–Crippen MR) is 94.4 cm³/mol. The Labute approximate surface area is 159 Å². The molecule has 1 aromatic rings. The summed E-state index contributed by atoms with van der Waals surface area (Å²) in [5, 5.41) is 11.5. The number of hydrogen-bond donors (Lipinski definition) is 1. The van der Waals surface area contributed by atoms with Crippen LogP contribution in [0.3, 0.4) is 0 Å². The molecule has 4 aliphatic rings. The zero-order chi connectivity index (χ0) is 19.2. The van der Waals surface area contributed by atoms with Crippen LogP contribution in [0.15, 0.2) is 23.0 Å². The molecule has 2 aliphatic carbocycles. The monoisotopic (exact) mass is 376 g/mol. The highest BCUT2D eigenvalue weighted by molar-refractivity contribution is 5.81. The molecule has 6 heteroatoms. The number of esters is 1. The minimum absolute atomic E-state index is 0.0209. The van der Waals surface area contributed by atoms with Gasteiger partial charge in [0.2, 0.25) is 0 Å². The highest BCUT2D eigenvalue weighted by atomic mass is 16.7. The van der Waals surface area contributed by atoms with Crippen molar-refractivity contribution in [2.45, 2.75) is 70.1 Å². The summed E-state index contributed by atoms with van der Waals surface area (Å²) in [6.07, 6.45) is 5.39. The van der Waals surface area contributed by atoms with Gasteiger partial charge in [0.05, 0.1) is 35.1 Å². The van der Waals surface area contributed by atoms with Crippen LogP contribution in [0.4, 0.5) is 0 Å². The van der Waals surface area contributed by atoms with Gasteiger partial charge in [-0.05, 0) is 37.7 Å². The van der Waals surface area contributed by atoms with Crippen molar-refractivity contribution in [3.05, 3.63) is 24.2 Å². The maximum atomic E-state index is 13.4. The smallest absolute Gasteiger partial charge is 0.313 e. The second-order valence-corrected chi connectivity index (χ2v) is 9.34. The van der Waals surface area contributed by atoms with Crippen molar-refractivity contribution >= 4 is 5.97 Å². The number of methoxy groups -OCH3 is 1. The van der Waals surface area contributed by atoms with E-state index < -0.39 is 22.2 Å². The Balaban J connectivity index is 1.65. The Kier molecular flexibility index (Phi) is 3.38.